The minimum absolute atomic E-state index is 0.362. The monoisotopic (exact) mass is 249 g/mol. The van der Waals surface area contributed by atoms with Crippen molar-refractivity contribution in [2.24, 2.45) is 11.8 Å². The summed E-state index contributed by atoms with van der Waals surface area (Å²) in [7, 11) is 1.75. The van der Waals surface area contributed by atoms with Gasteiger partial charge in [-0.25, -0.2) is 0 Å². The summed E-state index contributed by atoms with van der Waals surface area (Å²) in [6, 6.07) is 8.69. The van der Waals surface area contributed by atoms with Crippen molar-refractivity contribution in [2.45, 2.75) is 40.2 Å². The lowest BCUT2D eigenvalue weighted by Gasteiger charge is -2.29. The first kappa shape index (κ1) is 15.0. The predicted molar refractivity (Wildman–Crippen MR) is 78.0 cm³/mol. The summed E-state index contributed by atoms with van der Waals surface area (Å²) < 4.78 is 5.50. The Kier molecular flexibility index (Phi) is 6.20. The van der Waals surface area contributed by atoms with Crippen LogP contribution in [0.3, 0.4) is 0 Å². The molecule has 0 saturated heterocycles. The van der Waals surface area contributed by atoms with Gasteiger partial charge in [0.1, 0.15) is 5.75 Å². The molecule has 2 heteroatoms. The van der Waals surface area contributed by atoms with Gasteiger partial charge in [0.15, 0.2) is 0 Å². The molecule has 2 unspecified atom stereocenters. The molecule has 18 heavy (non-hydrogen) atoms. The smallest absolute Gasteiger partial charge is 0.123 e. The third-order valence-corrected chi connectivity index (χ3v) is 3.67. The first-order valence-corrected chi connectivity index (χ1v) is 6.98. The lowest BCUT2D eigenvalue weighted by Crippen LogP contribution is -2.30. The summed E-state index contributed by atoms with van der Waals surface area (Å²) in [4.78, 5) is 0. The van der Waals surface area contributed by atoms with Gasteiger partial charge in [-0.1, -0.05) is 45.9 Å². The van der Waals surface area contributed by atoms with Gasteiger partial charge in [0, 0.05) is 11.6 Å². The number of rotatable bonds is 7. The van der Waals surface area contributed by atoms with E-state index in [1.54, 1.807) is 7.11 Å². The molecule has 1 aromatic rings. The van der Waals surface area contributed by atoms with Crippen LogP contribution in [-0.2, 0) is 0 Å². The van der Waals surface area contributed by atoms with E-state index in [9.17, 15) is 0 Å². The van der Waals surface area contributed by atoms with Gasteiger partial charge in [0.05, 0.1) is 7.11 Å². The van der Waals surface area contributed by atoms with E-state index in [2.05, 4.69) is 45.1 Å². The minimum atomic E-state index is 0.362. The van der Waals surface area contributed by atoms with Crippen molar-refractivity contribution in [2.75, 3.05) is 13.7 Å². The van der Waals surface area contributed by atoms with Crippen LogP contribution in [0.4, 0.5) is 0 Å². The van der Waals surface area contributed by atoms with E-state index in [0.717, 1.165) is 18.7 Å². The van der Waals surface area contributed by atoms with Crippen molar-refractivity contribution >= 4 is 0 Å². The maximum absolute atomic E-state index is 5.50. The number of ether oxygens (including phenoxy) is 1. The molecule has 1 aromatic carbocycles. The summed E-state index contributed by atoms with van der Waals surface area (Å²) >= 11 is 0. The van der Waals surface area contributed by atoms with Crippen molar-refractivity contribution in [1.29, 1.82) is 0 Å². The Labute approximate surface area is 112 Å². The Morgan fingerprint density at radius 2 is 1.83 bits per heavy atom. The zero-order valence-corrected chi connectivity index (χ0v) is 12.4. The number of nitrogens with one attached hydrogen (secondary N) is 1. The van der Waals surface area contributed by atoms with Gasteiger partial charge in [-0.3, -0.25) is 0 Å². The van der Waals surface area contributed by atoms with Crippen molar-refractivity contribution in [3.8, 4) is 5.75 Å². The number of para-hydroxylation sites is 1. The normalized spacial score (nSPS) is 14.6. The Morgan fingerprint density at radius 3 is 2.39 bits per heavy atom. The molecule has 0 aliphatic rings. The first-order valence-electron chi connectivity index (χ1n) is 6.98. The van der Waals surface area contributed by atoms with Crippen molar-refractivity contribution < 1.29 is 4.74 Å². The van der Waals surface area contributed by atoms with Crippen molar-refractivity contribution in [1.82, 2.24) is 5.32 Å². The average molecular weight is 249 g/mol. The van der Waals surface area contributed by atoms with E-state index in [-0.39, 0.29) is 0 Å². The molecule has 0 amide bonds. The van der Waals surface area contributed by atoms with Gasteiger partial charge in [0.25, 0.3) is 0 Å². The second-order valence-electron chi connectivity index (χ2n) is 5.28. The fourth-order valence-corrected chi connectivity index (χ4v) is 2.19. The lowest BCUT2D eigenvalue weighted by atomic mass is 9.85. The number of hydrogen-bond donors (Lipinski definition) is 1. The fraction of sp³-hybridized carbons (Fsp3) is 0.625. The van der Waals surface area contributed by atoms with Gasteiger partial charge in [0.2, 0.25) is 0 Å². The summed E-state index contributed by atoms with van der Waals surface area (Å²) in [5.41, 5.74) is 1.27. The molecule has 2 nitrogen and oxygen atoms in total. The van der Waals surface area contributed by atoms with Crippen LogP contribution in [-0.4, -0.2) is 13.7 Å². The molecule has 0 radical (unpaired) electrons. The summed E-state index contributed by atoms with van der Waals surface area (Å²) in [5, 5.41) is 3.66. The molecule has 0 aromatic heterocycles. The molecular weight excluding hydrogens is 222 g/mol. The molecule has 0 fully saturated rings. The van der Waals surface area contributed by atoms with Gasteiger partial charge >= 0.3 is 0 Å². The Morgan fingerprint density at radius 1 is 1.17 bits per heavy atom. The summed E-state index contributed by atoms with van der Waals surface area (Å²) in [5.74, 6) is 2.20. The van der Waals surface area contributed by atoms with E-state index in [0.29, 0.717) is 17.9 Å². The first-order chi connectivity index (χ1) is 8.61. The van der Waals surface area contributed by atoms with Crippen LogP contribution in [0.1, 0.15) is 45.7 Å². The molecule has 0 aliphatic heterocycles. The quantitative estimate of drug-likeness (QED) is 0.788. The van der Waals surface area contributed by atoms with Crippen molar-refractivity contribution in [3.05, 3.63) is 29.8 Å². The van der Waals surface area contributed by atoms with Crippen LogP contribution in [0.5, 0.6) is 5.75 Å². The van der Waals surface area contributed by atoms with E-state index < -0.39 is 0 Å². The zero-order valence-electron chi connectivity index (χ0n) is 12.4. The Bertz CT molecular complexity index is 349. The summed E-state index contributed by atoms with van der Waals surface area (Å²) in [6.45, 7) is 10.1. The third-order valence-electron chi connectivity index (χ3n) is 3.67. The molecule has 0 spiro atoms. The Hall–Kier alpha value is -1.02. The molecule has 0 heterocycles. The number of hydrogen-bond acceptors (Lipinski definition) is 2. The van der Waals surface area contributed by atoms with Crippen LogP contribution in [0.25, 0.3) is 0 Å². The second-order valence-corrected chi connectivity index (χ2v) is 5.28. The average Bonchev–Trinajstić information content (AvgIpc) is 2.39. The molecule has 102 valence electrons. The highest BCUT2D eigenvalue weighted by Gasteiger charge is 2.23. The van der Waals surface area contributed by atoms with Crippen LogP contribution >= 0.6 is 0 Å². The minimum Gasteiger partial charge on any atom is -0.496 e. The van der Waals surface area contributed by atoms with Gasteiger partial charge in [-0.15, -0.1) is 0 Å². The molecule has 0 bridgehead atoms. The largest absolute Gasteiger partial charge is 0.496 e. The van der Waals surface area contributed by atoms with E-state index in [4.69, 9.17) is 4.74 Å². The zero-order chi connectivity index (χ0) is 13.5. The van der Waals surface area contributed by atoms with E-state index in [1.807, 2.05) is 12.1 Å². The maximum Gasteiger partial charge on any atom is 0.123 e. The highest BCUT2D eigenvalue weighted by Crippen LogP contribution is 2.33. The topological polar surface area (TPSA) is 21.3 Å². The molecule has 1 rings (SSSR count). The molecule has 0 saturated carbocycles. The summed E-state index contributed by atoms with van der Waals surface area (Å²) in [6.07, 6.45) is 1.15. The van der Waals surface area contributed by atoms with Crippen LogP contribution in [0.2, 0.25) is 0 Å². The molecule has 0 aliphatic carbocycles. The van der Waals surface area contributed by atoms with E-state index in [1.165, 1.54) is 5.56 Å². The number of benzene rings is 1. The maximum atomic E-state index is 5.50. The van der Waals surface area contributed by atoms with Crippen LogP contribution in [0.15, 0.2) is 24.3 Å². The lowest BCUT2D eigenvalue weighted by molar-refractivity contribution is 0.294. The van der Waals surface area contributed by atoms with Gasteiger partial charge in [-0.2, -0.15) is 0 Å². The van der Waals surface area contributed by atoms with Gasteiger partial charge < -0.3 is 10.1 Å². The number of methoxy groups -OCH3 is 1. The van der Waals surface area contributed by atoms with Crippen LogP contribution < -0.4 is 10.1 Å². The van der Waals surface area contributed by atoms with Gasteiger partial charge in [-0.05, 0) is 30.9 Å². The fourth-order valence-electron chi connectivity index (χ4n) is 2.19. The SMILES string of the molecule is CCCNC(c1ccccc1OC)C(C)C(C)C. The Balaban J connectivity index is 3.00. The van der Waals surface area contributed by atoms with Crippen LogP contribution in [0, 0.1) is 11.8 Å². The van der Waals surface area contributed by atoms with E-state index >= 15 is 0 Å². The highest BCUT2D eigenvalue weighted by molar-refractivity contribution is 5.36. The third kappa shape index (κ3) is 3.74. The highest BCUT2D eigenvalue weighted by atomic mass is 16.5. The molecular formula is C16H27NO. The molecule has 1 N–H and O–H groups in total. The predicted octanol–water partition coefficient (Wildman–Crippen LogP) is 4.03. The second kappa shape index (κ2) is 7.42. The van der Waals surface area contributed by atoms with Crippen molar-refractivity contribution in [3.63, 3.8) is 0 Å². The standard InChI is InChI=1S/C16H27NO/c1-6-11-17-16(13(4)12(2)3)14-9-7-8-10-15(14)18-5/h7-10,12-13,16-17H,6,11H2,1-5H3. The molecule has 2 atom stereocenters.